The van der Waals surface area contributed by atoms with E-state index in [1.54, 1.807) is 6.07 Å². The molecule has 2 heterocycles. The Morgan fingerprint density at radius 2 is 2.04 bits per heavy atom. The maximum absolute atomic E-state index is 13.7. The molecule has 0 amide bonds. The number of allylic oxidation sites excluding steroid dienone is 1. The molecule has 124 valence electrons. The topological polar surface area (TPSA) is 22.1 Å². The molecule has 1 aliphatic heterocycles. The van der Waals surface area contributed by atoms with Crippen molar-refractivity contribution in [3.05, 3.63) is 51.9 Å². The molecule has 0 saturated heterocycles. The summed E-state index contributed by atoms with van der Waals surface area (Å²) in [5, 5.41) is 0.0610. The van der Waals surface area contributed by atoms with Crippen molar-refractivity contribution in [2.75, 3.05) is 6.61 Å². The predicted octanol–water partition coefficient (Wildman–Crippen LogP) is 6.11. The highest BCUT2D eigenvalue weighted by atomic mass is 35.5. The standard InChI is InChI=1S/C19H16Cl2FNO/c1-9-8-24-19-13(9)7-15(10(2)11-3-4-11)23-18(19)12-5-6-14(22)17(21)16(12)20/h5-7,9,11H,2-4,8H2,1H3. The van der Waals surface area contributed by atoms with Crippen LogP contribution in [0.5, 0.6) is 5.75 Å². The Bertz CT molecular complexity index is 861. The third-order valence-electron chi connectivity index (χ3n) is 4.70. The Labute approximate surface area is 150 Å². The smallest absolute Gasteiger partial charge is 0.149 e. The van der Waals surface area contributed by atoms with E-state index in [0.717, 1.165) is 29.7 Å². The lowest BCUT2D eigenvalue weighted by Gasteiger charge is -2.14. The van der Waals surface area contributed by atoms with Crippen LogP contribution in [0.3, 0.4) is 0 Å². The molecule has 2 aromatic rings. The second-order valence-electron chi connectivity index (χ2n) is 6.51. The minimum Gasteiger partial charge on any atom is -0.490 e. The number of halogens is 3. The maximum Gasteiger partial charge on any atom is 0.149 e. The molecule has 4 rings (SSSR count). The fourth-order valence-electron chi connectivity index (χ4n) is 3.07. The number of ether oxygens (including phenoxy) is 1. The van der Waals surface area contributed by atoms with Gasteiger partial charge in [0.2, 0.25) is 0 Å². The van der Waals surface area contributed by atoms with Gasteiger partial charge in [0.05, 0.1) is 22.3 Å². The number of rotatable bonds is 3. The quantitative estimate of drug-likeness (QED) is 0.613. The van der Waals surface area contributed by atoms with Crippen molar-refractivity contribution in [3.63, 3.8) is 0 Å². The Morgan fingerprint density at radius 3 is 2.75 bits per heavy atom. The van der Waals surface area contributed by atoms with Crippen molar-refractivity contribution >= 4 is 28.8 Å². The molecule has 0 radical (unpaired) electrons. The molecule has 2 nitrogen and oxygen atoms in total. The molecule has 1 aromatic heterocycles. The van der Waals surface area contributed by atoms with Gasteiger partial charge in [0.15, 0.2) is 0 Å². The van der Waals surface area contributed by atoms with E-state index in [0.29, 0.717) is 29.5 Å². The normalized spacial score (nSPS) is 19.1. The zero-order valence-corrected chi connectivity index (χ0v) is 14.7. The van der Waals surface area contributed by atoms with Gasteiger partial charge in [-0.2, -0.15) is 0 Å². The van der Waals surface area contributed by atoms with Gasteiger partial charge >= 0.3 is 0 Å². The summed E-state index contributed by atoms with van der Waals surface area (Å²) in [6.07, 6.45) is 2.31. The fourth-order valence-corrected chi connectivity index (χ4v) is 3.47. The summed E-state index contributed by atoms with van der Waals surface area (Å²) >= 11 is 12.3. The zero-order valence-electron chi connectivity index (χ0n) is 13.2. The van der Waals surface area contributed by atoms with E-state index in [4.69, 9.17) is 32.9 Å². The summed E-state index contributed by atoms with van der Waals surface area (Å²) in [4.78, 5) is 4.75. The van der Waals surface area contributed by atoms with Gasteiger partial charge in [-0.3, -0.25) is 0 Å². The van der Waals surface area contributed by atoms with Gasteiger partial charge < -0.3 is 4.74 Å². The van der Waals surface area contributed by atoms with Gasteiger partial charge in [0.25, 0.3) is 0 Å². The van der Waals surface area contributed by atoms with E-state index in [1.165, 1.54) is 6.07 Å². The number of hydrogen-bond acceptors (Lipinski definition) is 2. The molecule has 24 heavy (non-hydrogen) atoms. The number of pyridine rings is 1. The highest BCUT2D eigenvalue weighted by molar-refractivity contribution is 6.43. The summed E-state index contributed by atoms with van der Waals surface area (Å²) in [6, 6.07) is 4.97. The van der Waals surface area contributed by atoms with Gasteiger partial charge in [0.1, 0.15) is 17.3 Å². The number of fused-ring (bicyclic) bond motifs is 1. The van der Waals surface area contributed by atoms with Gasteiger partial charge in [-0.15, -0.1) is 0 Å². The number of hydrogen-bond donors (Lipinski definition) is 0. The van der Waals surface area contributed by atoms with E-state index in [-0.39, 0.29) is 16.0 Å². The van der Waals surface area contributed by atoms with Crippen LogP contribution in [0.4, 0.5) is 4.39 Å². The van der Waals surface area contributed by atoms with E-state index in [9.17, 15) is 4.39 Å². The van der Waals surface area contributed by atoms with E-state index < -0.39 is 5.82 Å². The maximum atomic E-state index is 13.7. The second kappa shape index (κ2) is 5.75. The lowest BCUT2D eigenvalue weighted by atomic mass is 9.97. The molecule has 1 aliphatic carbocycles. The van der Waals surface area contributed by atoms with Crippen LogP contribution in [0, 0.1) is 11.7 Å². The highest BCUT2D eigenvalue weighted by Gasteiger charge is 2.31. The third kappa shape index (κ3) is 2.51. The minimum atomic E-state index is -0.546. The van der Waals surface area contributed by atoms with Crippen LogP contribution >= 0.6 is 23.2 Å². The van der Waals surface area contributed by atoms with Crippen molar-refractivity contribution in [2.45, 2.75) is 25.7 Å². The molecule has 0 spiro atoms. The number of nitrogens with zero attached hydrogens (tertiary/aromatic N) is 1. The zero-order chi connectivity index (χ0) is 17.0. The van der Waals surface area contributed by atoms with Crippen LogP contribution in [0.1, 0.15) is 36.9 Å². The van der Waals surface area contributed by atoms with Crippen molar-refractivity contribution in [1.29, 1.82) is 0 Å². The van der Waals surface area contributed by atoms with Crippen molar-refractivity contribution in [1.82, 2.24) is 4.98 Å². The molecule has 1 atom stereocenters. The number of benzene rings is 1. The molecule has 0 bridgehead atoms. The van der Waals surface area contributed by atoms with E-state index in [2.05, 4.69) is 19.6 Å². The molecule has 1 unspecified atom stereocenters. The summed E-state index contributed by atoms with van der Waals surface area (Å²) in [5.74, 6) is 0.935. The minimum absolute atomic E-state index is 0.0952. The Morgan fingerprint density at radius 1 is 1.29 bits per heavy atom. The van der Waals surface area contributed by atoms with Gasteiger partial charge in [0, 0.05) is 17.0 Å². The first kappa shape index (κ1) is 15.9. The average Bonchev–Trinajstić information content (AvgIpc) is 3.36. The molecule has 0 N–H and O–H groups in total. The summed E-state index contributed by atoms with van der Waals surface area (Å²) in [7, 11) is 0. The monoisotopic (exact) mass is 363 g/mol. The van der Waals surface area contributed by atoms with Gasteiger partial charge in [-0.1, -0.05) is 36.7 Å². The molecule has 5 heteroatoms. The summed E-state index contributed by atoms with van der Waals surface area (Å²) < 4.78 is 19.5. The third-order valence-corrected chi connectivity index (χ3v) is 5.56. The molecule has 1 fully saturated rings. The summed E-state index contributed by atoms with van der Waals surface area (Å²) in [6.45, 7) is 6.91. The van der Waals surface area contributed by atoms with Crippen LogP contribution in [0.25, 0.3) is 16.8 Å². The first-order valence-electron chi connectivity index (χ1n) is 7.98. The first-order chi connectivity index (χ1) is 11.5. The first-order valence-corrected chi connectivity index (χ1v) is 8.73. The molecule has 1 aromatic carbocycles. The van der Waals surface area contributed by atoms with Crippen molar-refractivity contribution in [2.24, 2.45) is 5.92 Å². The fraction of sp³-hybridized carbons (Fsp3) is 0.316. The Kier molecular flexibility index (Phi) is 3.81. The highest BCUT2D eigenvalue weighted by Crippen LogP contribution is 2.47. The number of aromatic nitrogens is 1. The Hall–Kier alpha value is -1.58. The molecule has 2 aliphatic rings. The van der Waals surface area contributed by atoms with E-state index in [1.807, 2.05) is 0 Å². The summed E-state index contributed by atoms with van der Waals surface area (Å²) in [5.41, 5.74) is 4.19. The lowest BCUT2D eigenvalue weighted by molar-refractivity contribution is 0.337. The van der Waals surface area contributed by atoms with Crippen LogP contribution in [0.2, 0.25) is 10.0 Å². The van der Waals surface area contributed by atoms with Gasteiger partial charge in [-0.25, -0.2) is 9.37 Å². The van der Waals surface area contributed by atoms with E-state index >= 15 is 0 Å². The van der Waals surface area contributed by atoms with Crippen LogP contribution in [-0.4, -0.2) is 11.6 Å². The molecular weight excluding hydrogens is 348 g/mol. The van der Waals surface area contributed by atoms with Crippen LogP contribution in [0.15, 0.2) is 24.8 Å². The van der Waals surface area contributed by atoms with Crippen LogP contribution in [-0.2, 0) is 0 Å². The Balaban J connectivity index is 1.93. The average molecular weight is 364 g/mol. The molecule has 1 saturated carbocycles. The van der Waals surface area contributed by atoms with Gasteiger partial charge in [-0.05, 0) is 42.5 Å². The van der Waals surface area contributed by atoms with Crippen LogP contribution < -0.4 is 4.74 Å². The van der Waals surface area contributed by atoms with Crippen molar-refractivity contribution < 1.29 is 9.13 Å². The SMILES string of the molecule is C=C(c1cc2c(c(-c3ccc(F)c(Cl)c3Cl)n1)OCC2C)C1CC1. The lowest BCUT2D eigenvalue weighted by Crippen LogP contribution is -1.98. The predicted molar refractivity (Wildman–Crippen MR) is 95.3 cm³/mol. The van der Waals surface area contributed by atoms with Crippen molar-refractivity contribution in [3.8, 4) is 17.0 Å². The second-order valence-corrected chi connectivity index (χ2v) is 7.26. The molecular formula is C19H16Cl2FNO. The largest absolute Gasteiger partial charge is 0.490 e.